The Morgan fingerprint density at radius 3 is 1.91 bits per heavy atom. The average molecular weight is 742 g/mol. The average Bonchev–Trinajstić information content (AvgIpc) is 3.10. The van der Waals surface area contributed by atoms with Crippen LogP contribution in [0.3, 0.4) is 0 Å². The maximum absolute atomic E-state index is 13.3. The molecule has 0 aromatic heterocycles. The van der Waals surface area contributed by atoms with Crippen molar-refractivity contribution in [3.8, 4) is 5.75 Å². The highest BCUT2D eigenvalue weighted by molar-refractivity contribution is 6.06. The summed E-state index contributed by atoms with van der Waals surface area (Å²) in [5.74, 6) is -0.382. The van der Waals surface area contributed by atoms with Crippen LogP contribution in [0.15, 0.2) is 48.5 Å². The van der Waals surface area contributed by atoms with Crippen molar-refractivity contribution in [3.05, 3.63) is 59.7 Å². The van der Waals surface area contributed by atoms with Gasteiger partial charge in [0.1, 0.15) is 23.8 Å². The smallest absolute Gasteiger partial charge is 0.321 e. The quantitative estimate of drug-likeness (QED) is 0.100. The van der Waals surface area contributed by atoms with E-state index in [9.17, 15) is 14.4 Å². The molecule has 53 heavy (non-hydrogen) atoms. The third-order valence-corrected chi connectivity index (χ3v) is 9.80. The molecule has 0 spiro atoms. The second kappa shape index (κ2) is 25.6. The molecule has 1 saturated carbocycles. The maximum Gasteiger partial charge on any atom is 0.321 e. The fourth-order valence-electron chi connectivity index (χ4n) is 4.76. The van der Waals surface area contributed by atoms with Crippen LogP contribution in [0.1, 0.15) is 132 Å². The number of benzene rings is 2. The first kappa shape index (κ1) is 49.6. The molecular formula is C44H75N3O6. The zero-order chi connectivity index (χ0) is 40.7. The Hall–Kier alpha value is -3.43. The van der Waals surface area contributed by atoms with Gasteiger partial charge in [0, 0.05) is 12.8 Å². The number of rotatable bonds is 16. The number of unbranched alkanes of at least 4 members (excludes halogenated alkanes) is 2. The first-order valence-electron chi connectivity index (χ1n) is 19.7. The number of nitrogens with one attached hydrogen (secondary N) is 2. The minimum Gasteiger partial charge on any atom is -0.489 e. The zero-order valence-corrected chi connectivity index (χ0v) is 35.9. The molecule has 1 aliphatic rings. The number of hydrogen-bond donors (Lipinski definition) is 2. The Labute approximate surface area is 323 Å². The number of esters is 1. The molecule has 1 aliphatic carbocycles. The maximum atomic E-state index is 13.3. The van der Waals surface area contributed by atoms with Crippen LogP contribution in [0.4, 0.5) is 5.69 Å². The van der Waals surface area contributed by atoms with Gasteiger partial charge >= 0.3 is 5.97 Å². The van der Waals surface area contributed by atoms with E-state index < -0.39 is 23.3 Å². The van der Waals surface area contributed by atoms with Crippen LogP contribution in [-0.2, 0) is 30.5 Å². The number of carbonyl (C=O) groups excluding carboxylic acids is 3. The molecule has 2 aromatic carbocycles. The second-order valence-corrected chi connectivity index (χ2v) is 15.2. The lowest BCUT2D eigenvalue weighted by molar-refractivity contribution is -0.167. The molecule has 0 bridgehead atoms. The van der Waals surface area contributed by atoms with Gasteiger partial charge in [0.15, 0.2) is 0 Å². The van der Waals surface area contributed by atoms with Gasteiger partial charge in [-0.3, -0.25) is 14.4 Å². The van der Waals surface area contributed by atoms with E-state index in [0.717, 1.165) is 42.7 Å². The van der Waals surface area contributed by atoms with Gasteiger partial charge in [-0.25, -0.2) is 0 Å². The van der Waals surface area contributed by atoms with E-state index in [2.05, 4.69) is 64.0 Å². The largest absolute Gasteiger partial charge is 0.489 e. The summed E-state index contributed by atoms with van der Waals surface area (Å²) in [6.07, 6.45) is 6.44. The summed E-state index contributed by atoms with van der Waals surface area (Å²) in [6.45, 7) is 24.4. The molecule has 1 fully saturated rings. The molecule has 3 rings (SSSR count). The van der Waals surface area contributed by atoms with Crippen molar-refractivity contribution in [3.63, 3.8) is 0 Å². The van der Waals surface area contributed by atoms with Crippen LogP contribution >= 0.6 is 0 Å². The van der Waals surface area contributed by atoms with E-state index in [-0.39, 0.29) is 23.5 Å². The van der Waals surface area contributed by atoms with Crippen LogP contribution in [0.5, 0.6) is 5.75 Å². The third kappa shape index (κ3) is 17.5. The lowest BCUT2D eigenvalue weighted by Gasteiger charge is -2.38. The number of hydrogen-bond acceptors (Lipinski definition) is 7. The van der Waals surface area contributed by atoms with Crippen LogP contribution in [0, 0.1) is 17.8 Å². The molecule has 0 aliphatic heterocycles. The molecule has 302 valence electrons. The Morgan fingerprint density at radius 2 is 1.47 bits per heavy atom. The summed E-state index contributed by atoms with van der Waals surface area (Å²) in [5, 5.41) is 5.80. The highest BCUT2D eigenvalue weighted by Crippen LogP contribution is 2.42. The van der Waals surface area contributed by atoms with Gasteiger partial charge in [-0.05, 0) is 115 Å². The number of para-hydroxylation sites is 1. The molecular weight excluding hydrogens is 666 g/mol. The topological polar surface area (TPSA) is 106 Å². The summed E-state index contributed by atoms with van der Waals surface area (Å²) in [5.41, 5.74) is 1.69. The van der Waals surface area contributed by atoms with E-state index in [1.54, 1.807) is 14.0 Å². The predicted molar refractivity (Wildman–Crippen MR) is 220 cm³/mol. The Bertz CT molecular complexity index is 1310. The van der Waals surface area contributed by atoms with Crippen LogP contribution in [-0.4, -0.2) is 68.7 Å². The van der Waals surface area contributed by atoms with Crippen molar-refractivity contribution in [1.29, 1.82) is 0 Å². The van der Waals surface area contributed by atoms with Crippen molar-refractivity contribution in [2.45, 2.75) is 146 Å². The first-order valence-corrected chi connectivity index (χ1v) is 19.7. The predicted octanol–water partition coefficient (Wildman–Crippen LogP) is 9.75. The standard InChI is InChI=1S/C30H41N3O5.C8H18O.C4H10.C2H6/c1-5-37-29(36)30(18-10-19-30)28(35)32-25(12-8-9-20-33(3)4)27(34)31-24-16-14-23(15-17-24)21-38-26-13-7-6-11-22(26)2;1-7(2,3)8(4,5)9-6;1-3-4-2;1-2/h6-7,11,13-17,25H,5,8-10,12,18-21H2,1-4H3,(H,31,34)(H,32,35);1-6H3;3-4H2,1-2H3;1-2H3. The highest BCUT2D eigenvalue weighted by atomic mass is 16.5. The van der Waals surface area contributed by atoms with Crippen molar-refractivity contribution >= 4 is 23.5 Å². The zero-order valence-electron chi connectivity index (χ0n) is 35.9. The Morgan fingerprint density at radius 1 is 0.887 bits per heavy atom. The second-order valence-electron chi connectivity index (χ2n) is 15.2. The molecule has 1 atom stereocenters. The van der Waals surface area contributed by atoms with E-state index in [0.29, 0.717) is 31.6 Å². The van der Waals surface area contributed by atoms with Gasteiger partial charge in [-0.15, -0.1) is 0 Å². The number of aryl methyl sites for hydroxylation is 1. The number of ether oxygens (including phenoxy) is 3. The fraction of sp³-hybridized carbons (Fsp3) is 0.659. The number of carbonyl (C=O) groups is 3. The highest BCUT2D eigenvalue weighted by Gasteiger charge is 2.52. The number of amides is 2. The Kier molecular flexibility index (Phi) is 23.9. The Balaban J connectivity index is 0.00000152. The normalized spacial score (nSPS) is 13.6. The molecule has 2 N–H and O–H groups in total. The molecule has 9 heteroatoms. The van der Waals surface area contributed by atoms with E-state index in [1.165, 1.54) is 12.8 Å². The number of nitrogens with zero attached hydrogens (tertiary/aromatic N) is 1. The molecule has 1 unspecified atom stereocenters. The molecule has 2 aromatic rings. The van der Waals surface area contributed by atoms with Gasteiger partial charge in [-0.1, -0.05) is 98.1 Å². The van der Waals surface area contributed by atoms with Crippen LogP contribution < -0.4 is 15.4 Å². The molecule has 0 heterocycles. The summed E-state index contributed by atoms with van der Waals surface area (Å²) in [6, 6.07) is 14.6. The van der Waals surface area contributed by atoms with Gasteiger partial charge < -0.3 is 29.7 Å². The van der Waals surface area contributed by atoms with Crippen molar-refractivity contribution in [2.75, 3.05) is 39.7 Å². The number of anilines is 1. The molecule has 2 amide bonds. The summed E-state index contributed by atoms with van der Waals surface area (Å²) in [4.78, 5) is 41.1. The van der Waals surface area contributed by atoms with E-state index in [1.807, 2.05) is 83.4 Å². The van der Waals surface area contributed by atoms with E-state index >= 15 is 0 Å². The molecule has 9 nitrogen and oxygen atoms in total. The third-order valence-electron chi connectivity index (χ3n) is 9.80. The number of methoxy groups -OCH3 is 1. The minimum atomic E-state index is -1.18. The SMILES string of the molecule is CC.CCCC.CCOC(=O)C1(C(=O)NC(CCCCN(C)C)C(=O)Nc2ccc(COc3ccccc3C)cc2)CCC1.COC(C)(C)C(C)(C)C. The first-order chi connectivity index (χ1) is 25.0. The lowest BCUT2D eigenvalue weighted by atomic mass is 9.68. The van der Waals surface area contributed by atoms with Crippen molar-refractivity contribution in [2.24, 2.45) is 10.8 Å². The van der Waals surface area contributed by atoms with Crippen molar-refractivity contribution < 1.29 is 28.6 Å². The summed E-state index contributed by atoms with van der Waals surface area (Å²) >= 11 is 0. The van der Waals surface area contributed by atoms with E-state index in [4.69, 9.17) is 14.2 Å². The van der Waals surface area contributed by atoms with Crippen molar-refractivity contribution in [1.82, 2.24) is 10.2 Å². The van der Waals surface area contributed by atoms with Crippen LogP contribution in [0.2, 0.25) is 0 Å². The van der Waals surface area contributed by atoms with Gasteiger partial charge in [-0.2, -0.15) is 0 Å². The van der Waals surface area contributed by atoms with Gasteiger partial charge in [0.25, 0.3) is 0 Å². The van der Waals surface area contributed by atoms with Crippen LogP contribution in [0.25, 0.3) is 0 Å². The van der Waals surface area contributed by atoms with Gasteiger partial charge in [0.2, 0.25) is 11.8 Å². The fourth-order valence-corrected chi connectivity index (χ4v) is 4.76. The van der Waals surface area contributed by atoms with Gasteiger partial charge in [0.05, 0.1) is 12.2 Å². The monoisotopic (exact) mass is 742 g/mol. The minimum absolute atomic E-state index is 0.0208. The molecule has 0 radical (unpaired) electrons. The lowest BCUT2D eigenvalue weighted by Crippen LogP contribution is -2.56. The summed E-state index contributed by atoms with van der Waals surface area (Å²) in [7, 11) is 5.76. The molecule has 0 saturated heterocycles. The summed E-state index contributed by atoms with van der Waals surface area (Å²) < 4.78 is 16.4.